The van der Waals surface area contributed by atoms with E-state index in [4.69, 9.17) is 4.74 Å². The van der Waals surface area contributed by atoms with Crippen LogP contribution in [-0.4, -0.2) is 29.4 Å². The molecule has 138 valence electrons. The molecule has 0 bridgehead atoms. The Bertz CT molecular complexity index is 798. The number of aryl methyl sites for hydroxylation is 2. The van der Waals surface area contributed by atoms with E-state index in [1.165, 1.54) is 0 Å². The van der Waals surface area contributed by atoms with E-state index < -0.39 is 5.97 Å². The lowest BCUT2D eigenvalue weighted by Gasteiger charge is -2.13. The van der Waals surface area contributed by atoms with Crippen molar-refractivity contribution in [1.29, 1.82) is 0 Å². The number of aliphatic hydroxyl groups is 1. The number of ether oxygens (including phenoxy) is 1. The largest absolute Gasteiger partial charge is 0.507 e. The number of carbonyl (C=O) groups excluding carboxylic acids is 1. The first kappa shape index (κ1) is 19.7. The minimum atomic E-state index is -0.391. The number of hydrogen-bond acceptors (Lipinski definition) is 4. The van der Waals surface area contributed by atoms with Crippen LogP contribution >= 0.6 is 0 Å². The van der Waals surface area contributed by atoms with Crippen LogP contribution in [0.4, 0.5) is 0 Å². The smallest absolute Gasteiger partial charge is 0.333 e. The second-order valence-electron chi connectivity index (χ2n) is 6.47. The normalized spacial score (nSPS) is 10.6. The van der Waals surface area contributed by atoms with Crippen LogP contribution in [0.2, 0.25) is 0 Å². The highest BCUT2D eigenvalue weighted by Crippen LogP contribution is 2.30. The first-order valence-corrected chi connectivity index (χ1v) is 8.74. The lowest BCUT2D eigenvalue weighted by Crippen LogP contribution is -2.09. The highest BCUT2D eigenvalue weighted by atomic mass is 16.5. The quantitative estimate of drug-likeness (QED) is 0.585. The molecule has 0 aromatic heterocycles. The fourth-order valence-corrected chi connectivity index (χ4v) is 2.98. The number of esters is 1. The zero-order valence-electron chi connectivity index (χ0n) is 15.6. The average Bonchev–Trinajstić information content (AvgIpc) is 2.59. The molecule has 4 heteroatoms. The SMILES string of the molecule is C=C(Cc1cc(CCO)cc(-c2cc(C)c(O)c(C)c2)c1)C(=O)OCC. The van der Waals surface area contributed by atoms with Gasteiger partial charge in [0.1, 0.15) is 5.75 Å². The maximum Gasteiger partial charge on any atom is 0.333 e. The summed E-state index contributed by atoms with van der Waals surface area (Å²) in [7, 11) is 0. The van der Waals surface area contributed by atoms with E-state index in [1.54, 1.807) is 6.92 Å². The third-order valence-corrected chi connectivity index (χ3v) is 4.26. The van der Waals surface area contributed by atoms with Gasteiger partial charge in [0.05, 0.1) is 6.61 Å². The number of aromatic hydroxyl groups is 1. The molecule has 0 saturated heterocycles. The van der Waals surface area contributed by atoms with Crippen LogP contribution in [0.25, 0.3) is 11.1 Å². The second kappa shape index (κ2) is 8.68. The van der Waals surface area contributed by atoms with E-state index in [0.29, 0.717) is 30.8 Å². The van der Waals surface area contributed by atoms with Gasteiger partial charge >= 0.3 is 5.97 Å². The minimum Gasteiger partial charge on any atom is -0.507 e. The van der Waals surface area contributed by atoms with Crippen molar-refractivity contribution in [1.82, 2.24) is 0 Å². The molecule has 0 radical (unpaired) electrons. The van der Waals surface area contributed by atoms with Gasteiger partial charge in [-0.3, -0.25) is 0 Å². The van der Waals surface area contributed by atoms with Crippen LogP contribution in [0.15, 0.2) is 42.5 Å². The average molecular weight is 354 g/mol. The van der Waals surface area contributed by atoms with Crippen molar-refractivity contribution in [2.45, 2.75) is 33.6 Å². The predicted octanol–water partition coefficient (Wildman–Crippen LogP) is 3.87. The van der Waals surface area contributed by atoms with E-state index >= 15 is 0 Å². The number of aliphatic hydroxyl groups excluding tert-OH is 1. The first-order valence-electron chi connectivity index (χ1n) is 8.74. The molecule has 2 aromatic carbocycles. The van der Waals surface area contributed by atoms with Gasteiger partial charge in [-0.15, -0.1) is 0 Å². The van der Waals surface area contributed by atoms with Crippen LogP contribution in [0.5, 0.6) is 5.75 Å². The van der Waals surface area contributed by atoms with E-state index in [-0.39, 0.29) is 6.61 Å². The Hall–Kier alpha value is -2.59. The monoisotopic (exact) mass is 354 g/mol. The standard InChI is InChI=1S/C22H26O4/c1-5-26-22(25)16(4)8-18-11-17(6-7-23)12-20(13-18)19-9-14(2)21(24)15(3)10-19/h9-13,23-24H,4-8H2,1-3H3. The maximum absolute atomic E-state index is 11.9. The number of rotatable bonds is 7. The molecule has 26 heavy (non-hydrogen) atoms. The molecular weight excluding hydrogens is 328 g/mol. The van der Waals surface area contributed by atoms with Crippen LogP contribution in [0.3, 0.4) is 0 Å². The van der Waals surface area contributed by atoms with Crippen molar-refractivity contribution in [3.63, 3.8) is 0 Å². The van der Waals surface area contributed by atoms with Crippen LogP contribution in [0, 0.1) is 13.8 Å². The molecule has 4 nitrogen and oxygen atoms in total. The van der Waals surface area contributed by atoms with Gasteiger partial charge in [0.2, 0.25) is 0 Å². The summed E-state index contributed by atoms with van der Waals surface area (Å²) in [6.45, 7) is 9.70. The molecule has 0 amide bonds. The van der Waals surface area contributed by atoms with Gasteiger partial charge in [-0.05, 0) is 72.7 Å². The molecule has 0 heterocycles. The molecule has 2 rings (SSSR count). The lowest BCUT2D eigenvalue weighted by atomic mass is 9.93. The van der Waals surface area contributed by atoms with Crippen molar-refractivity contribution >= 4 is 5.97 Å². The third kappa shape index (κ3) is 4.73. The Morgan fingerprint density at radius 1 is 1.04 bits per heavy atom. The molecule has 0 aliphatic carbocycles. The van der Waals surface area contributed by atoms with Crippen molar-refractivity contribution in [2.75, 3.05) is 13.2 Å². The summed E-state index contributed by atoms with van der Waals surface area (Å²) in [6.07, 6.45) is 0.921. The van der Waals surface area contributed by atoms with Gasteiger partial charge in [-0.25, -0.2) is 4.79 Å². The Morgan fingerprint density at radius 3 is 2.19 bits per heavy atom. The van der Waals surface area contributed by atoms with Gasteiger partial charge in [0.25, 0.3) is 0 Å². The number of phenolic OH excluding ortho intramolecular Hbond substituents is 1. The van der Waals surface area contributed by atoms with E-state index in [2.05, 4.69) is 6.58 Å². The summed E-state index contributed by atoms with van der Waals surface area (Å²) in [4.78, 5) is 11.9. The summed E-state index contributed by atoms with van der Waals surface area (Å²) in [5.74, 6) is -0.0888. The van der Waals surface area contributed by atoms with Crippen molar-refractivity contribution in [2.24, 2.45) is 0 Å². The molecule has 0 fully saturated rings. The second-order valence-corrected chi connectivity index (χ2v) is 6.47. The molecule has 2 N–H and O–H groups in total. The van der Waals surface area contributed by atoms with E-state index in [1.807, 2.05) is 44.2 Å². The fraction of sp³-hybridized carbons (Fsp3) is 0.318. The van der Waals surface area contributed by atoms with E-state index in [0.717, 1.165) is 33.4 Å². The van der Waals surface area contributed by atoms with Gasteiger partial charge in [-0.1, -0.05) is 24.8 Å². The fourth-order valence-electron chi connectivity index (χ4n) is 2.98. The highest BCUT2D eigenvalue weighted by Gasteiger charge is 2.12. The third-order valence-electron chi connectivity index (χ3n) is 4.26. The molecule has 0 saturated carbocycles. The summed E-state index contributed by atoms with van der Waals surface area (Å²) < 4.78 is 5.01. The van der Waals surface area contributed by atoms with Crippen LogP contribution < -0.4 is 0 Å². The molecule has 0 aliphatic rings. The number of benzene rings is 2. The van der Waals surface area contributed by atoms with Gasteiger partial charge < -0.3 is 14.9 Å². The van der Waals surface area contributed by atoms with Gasteiger partial charge in [0, 0.05) is 18.6 Å². The Balaban J connectivity index is 2.42. The lowest BCUT2D eigenvalue weighted by molar-refractivity contribution is -0.138. The summed E-state index contributed by atoms with van der Waals surface area (Å²) >= 11 is 0. The van der Waals surface area contributed by atoms with Crippen molar-refractivity contribution < 1.29 is 19.7 Å². The number of phenols is 1. The molecule has 0 atom stereocenters. The maximum atomic E-state index is 11.9. The minimum absolute atomic E-state index is 0.0509. The summed E-state index contributed by atoms with van der Waals surface area (Å²) in [5.41, 5.74) is 5.91. The van der Waals surface area contributed by atoms with Gasteiger partial charge in [0.15, 0.2) is 0 Å². The van der Waals surface area contributed by atoms with Crippen LogP contribution in [0.1, 0.15) is 29.2 Å². The Labute approximate surface area is 154 Å². The molecular formula is C22H26O4. The zero-order chi connectivity index (χ0) is 19.3. The predicted molar refractivity (Wildman–Crippen MR) is 103 cm³/mol. The Morgan fingerprint density at radius 2 is 1.62 bits per heavy atom. The molecule has 0 aliphatic heterocycles. The summed E-state index contributed by atoms with van der Waals surface area (Å²) in [6, 6.07) is 9.88. The Kier molecular flexibility index (Phi) is 6.58. The highest BCUT2D eigenvalue weighted by molar-refractivity contribution is 5.88. The van der Waals surface area contributed by atoms with Crippen molar-refractivity contribution in [3.05, 3.63) is 64.7 Å². The van der Waals surface area contributed by atoms with Crippen molar-refractivity contribution in [3.8, 4) is 16.9 Å². The number of hydrogen-bond donors (Lipinski definition) is 2. The van der Waals surface area contributed by atoms with Crippen LogP contribution in [-0.2, 0) is 22.4 Å². The molecule has 0 unspecified atom stereocenters. The molecule has 2 aromatic rings. The first-order chi connectivity index (χ1) is 12.3. The zero-order valence-corrected chi connectivity index (χ0v) is 15.6. The summed E-state index contributed by atoms with van der Waals surface area (Å²) in [5, 5.41) is 19.3. The molecule has 0 spiro atoms. The topological polar surface area (TPSA) is 66.8 Å². The van der Waals surface area contributed by atoms with Gasteiger partial charge in [-0.2, -0.15) is 0 Å². The van der Waals surface area contributed by atoms with E-state index in [9.17, 15) is 15.0 Å². The number of carbonyl (C=O) groups is 1.